The predicted molar refractivity (Wildman–Crippen MR) is 134 cm³/mol. The molecule has 2 heterocycles. The maximum Gasteiger partial charge on any atom is 0.236 e. The summed E-state index contributed by atoms with van der Waals surface area (Å²) in [5.74, 6) is 1.18. The highest BCUT2D eigenvalue weighted by Gasteiger charge is 2.23. The molecule has 2 fully saturated rings. The summed E-state index contributed by atoms with van der Waals surface area (Å²) in [6, 6.07) is 9.78. The van der Waals surface area contributed by atoms with Crippen molar-refractivity contribution < 1.29 is 4.79 Å². The smallest absolute Gasteiger partial charge is 0.236 e. The van der Waals surface area contributed by atoms with Crippen molar-refractivity contribution in [3.05, 3.63) is 35.4 Å². The van der Waals surface area contributed by atoms with Gasteiger partial charge >= 0.3 is 0 Å². The number of guanidine groups is 1. The molecule has 0 aromatic heterocycles. The monoisotopic (exact) mass is 538 g/mol. The average molecular weight is 538 g/mol. The van der Waals surface area contributed by atoms with Crippen LogP contribution in [-0.4, -0.2) is 78.9 Å². The number of hydrogen-bond acceptors (Lipinski definition) is 4. The van der Waals surface area contributed by atoms with Crippen LogP contribution in [0.4, 0.5) is 0 Å². The standard InChI is InChI=1S/C23H34N6O.HI/c1-2-25-23(26-18-21-9-7-8-20(16-21)17-24)29-14-12-27(13-15-29)19-22(30)28-10-5-3-4-6-11-28;/h7-9,16H,2-6,10-15,18-19H2,1H3,(H,25,26);1H. The van der Waals surface area contributed by atoms with Crippen molar-refractivity contribution in [2.45, 2.75) is 39.2 Å². The second-order valence-electron chi connectivity index (χ2n) is 8.04. The van der Waals surface area contributed by atoms with Gasteiger partial charge < -0.3 is 15.1 Å². The van der Waals surface area contributed by atoms with Crippen LogP contribution in [0.2, 0.25) is 0 Å². The van der Waals surface area contributed by atoms with E-state index in [-0.39, 0.29) is 29.9 Å². The normalized spacial score (nSPS) is 18.0. The number of rotatable bonds is 5. The molecule has 1 amide bonds. The van der Waals surface area contributed by atoms with E-state index in [9.17, 15) is 4.79 Å². The van der Waals surface area contributed by atoms with Gasteiger partial charge in [-0.15, -0.1) is 24.0 Å². The lowest BCUT2D eigenvalue weighted by molar-refractivity contribution is -0.132. The molecule has 2 aliphatic rings. The molecule has 1 aromatic carbocycles. The van der Waals surface area contributed by atoms with Crippen LogP contribution < -0.4 is 5.32 Å². The summed E-state index contributed by atoms with van der Waals surface area (Å²) in [4.78, 5) is 24.0. The number of nitrogens with zero attached hydrogens (tertiary/aromatic N) is 5. The van der Waals surface area contributed by atoms with Crippen molar-refractivity contribution in [3.63, 3.8) is 0 Å². The van der Waals surface area contributed by atoms with Gasteiger partial charge in [0.1, 0.15) is 0 Å². The molecule has 1 aromatic rings. The summed E-state index contributed by atoms with van der Waals surface area (Å²) >= 11 is 0. The van der Waals surface area contributed by atoms with Gasteiger partial charge in [-0.2, -0.15) is 5.26 Å². The number of carbonyl (C=O) groups is 1. The summed E-state index contributed by atoms with van der Waals surface area (Å²) in [6.07, 6.45) is 4.77. The maximum absolute atomic E-state index is 12.7. The van der Waals surface area contributed by atoms with Crippen LogP contribution in [0, 0.1) is 11.3 Å². The molecule has 0 unspecified atom stereocenters. The number of hydrogen-bond donors (Lipinski definition) is 1. The van der Waals surface area contributed by atoms with Crippen LogP contribution in [0.25, 0.3) is 0 Å². The Morgan fingerprint density at radius 2 is 1.77 bits per heavy atom. The van der Waals surface area contributed by atoms with E-state index in [0.29, 0.717) is 18.7 Å². The molecule has 0 saturated carbocycles. The van der Waals surface area contributed by atoms with Crippen LogP contribution in [0.3, 0.4) is 0 Å². The fourth-order valence-corrected chi connectivity index (χ4v) is 4.06. The summed E-state index contributed by atoms with van der Waals surface area (Å²) in [6.45, 7) is 9.25. The zero-order chi connectivity index (χ0) is 21.2. The number of aliphatic imine (C=N–C) groups is 1. The number of halogens is 1. The zero-order valence-electron chi connectivity index (χ0n) is 18.6. The first-order chi connectivity index (χ1) is 14.7. The van der Waals surface area contributed by atoms with Gasteiger partial charge in [-0.1, -0.05) is 25.0 Å². The molecule has 31 heavy (non-hydrogen) atoms. The van der Waals surface area contributed by atoms with Gasteiger partial charge in [0, 0.05) is 45.8 Å². The number of amides is 1. The van der Waals surface area contributed by atoms with E-state index in [1.165, 1.54) is 12.8 Å². The number of carbonyl (C=O) groups excluding carboxylic acids is 1. The van der Waals surface area contributed by atoms with Gasteiger partial charge in [0.15, 0.2) is 5.96 Å². The predicted octanol–water partition coefficient (Wildman–Crippen LogP) is 2.66. The first-order valence-corrected chi connectivity index (χ1v) is 11.2. The molecule has 8 heteroatoms. The minimum Gasteiger partial charge on any atom is -0.357 e. The SMILES string of the molecule is CCNC(=NCc1cccc(C#N)c1)N1CCN(CC(=O)N2CCCCCC2)CC1.I. The van der Waals surface area contributed by atoms with Crippen molar-refractivity contribution in [2.24, 2.45) is 4.99 Å². The average Bonchev–Trinajstić information content (AvgIpc) is 3.07. The first-order valence-electron chi connectivity index (χ1n) is 11.2. The summed E-state index contributed by atoms with van der Waals surface area (Å²) in [7, 11) is 0. The van der Waals surface area contributed by atoms with Crippen LogP contribution in [-0.2, 0) is 11.3 Å². The van der Waals surface area contributed by atoms with Crippen molar-refractivity contribution in [3.8, 4) is 6.07 Å². The molecule has 1 N–H and O–H groups in total. The lowest BCUT2D eigenvalue weighted by Gasteiger charge is -2.37. The van der Waals surface area contributed by atoms with E-state index in [1.54, 1.807) is 0 Å². The molecule has 0 radical (unpaired) electrons. The summed E-state index contributed by atoms with van der Waals surface area (Å²) in [5, 5.41) is 12.5. The minimum atomic E-state index is 0. The molecule has 7 nitrogen and oxygen atoms in total. The van der Waals surface area contributed by atoms with E-state index in [1.807, 2.05) is 24.3 Å². The Bertz CT molecular complexity index is 762. The van der Waals surface area contributed by atoms with Gasteiger partial charge in [-0.3, -0.25) is 9.69 Å². The Labute approximate surface area is 203 Å². The molecule has 2 aliphatic heterocycles. The third kappa shape index (κ3) is 7.96. The van der Waals surface area contributed by atoms with E-state index >= 15 is 0 Å². The number of benzene rings is 1. The van der Waals surface area contributed by atoms with E-state index in [0.717, 1.165) is 70.2 Å². The molecule has 2 saturated heterocycles. The van der Waals surface area contributed by atoms with Crippen molar-refractivity contribution in [1.82, 2.24) is 20.0 Å². The van der Waals surface area contributed by atoms with Crippen molar-refractivity contribution in [1.29, 1.82) is 5.26 Å². The second-order valence-corrected chi connectivity index (χ2v) is 8.04. The van der Waals surface area contributed by atoms with Gasteiger partial charge in [-0.05, 0) is 37.5 Å². The van der Waals surface area contributed by atoms with E-state index < -0.39 is 0 Å². The number of likely N-dealkylation sites (tertiary alicyclic amines) is 1. The Kier molecular flexibility index (Phi) is 11.1. The van der Waals surface area contributed by atoms with Gasteiger partial charge in [-0.25, -0.2) is 4.99 Å². The second kappa shape index (κ2) is 13.5. The van der Waals surface area contributed by atoms with Crippen LogP contribution >= 0.6 is 24.0 Å². The topological polar surface area (TPSA) is 75.0 Å². The van der Waals surface area contributed by atoms with E-state index in [4.69, 9.17) is 10.3 Å². The molecule has 0 aliphatic carbocycles. The molecule has 170 valence electrons. The lowest BCUT2D eigenvalue weighted by atomic mass is 10.1. The van der Waals surface area contributed by atoms with E-state index in [2.05, 4.69) is 33.0 Å². The third-order valence-corrected chi connectivity index (χ3v) is 5.79. The Morgan fingerprint density at radius 1 is 1.06 bits per heavy atom. The first kappa shape index (κ1) is 25.4. The zero-order valence-corrected chi connectivity index (χ0v) is 20.9. The molecule has 3 rings (SSSR count). The van der Waals surface area contributed by atoms with Gasteiger partial charge in [0.25, 0.3) is 0 Å². The highest BCUT2D eigenvalue weighted by atomic mass is 127. The number of piperazine rings is 1. The maximum atomic E-state index is 12.7. The largest absolute Gasteiger partial charge is 0.357 e. The van der Waals surface area contributed by atoms with Crippen molar-refractivity contribution in [2.75, 3.05) is 52.4 Å². The van der Waals surface area contributed by atoms with Crippen LogP contribution in [0.1, 0.15) is 43.7 Å². The minimum absolute atomic E-state index is 0. The number of nitrogens with one attached hydrogen (secondary N) is 1. The highest BCUT2D eigenvalue weighted by Crippen LogP contribution is 2.11. The molecular weight excluding hydrogens is 503 g/mol. The molecular formula is C23H35IN6O. The summed E-state index contributed by atoms with van der Waals surface area (Å²) < 4.78 is 0. The number of nitriles is 1. The molecule has 0 bridgehead atoms. The highest BCUT2D eigenvalue weighted by molar-refractivity contribution is 14.0. The van der Waals surface area contributed by atoms with Gasteiger partial charge in [0.2, 0.25) is 5.91 Å². The lowest BCUT2D eigenvalue weighted by Crippen LogP contribution is -2.54. The van der Waals surface area contributed by atoms with Gasteiger partial charge in [0.05, 0.1) is 24.7 Å². The fourth-order valence-electron chi connectivity index (χ4n) is 4.06. The summed E-state index contributed by atoms with van der Waals surface area (Å²) in [5.41, 5.74) is 1.70. The Balaban J connectivity index is 0.00000341. The third-order valence-electron chi connectivity index (χ3n) is 5.79. The fraction of sp³-hybridized carbons (Fsp3) is 0.609. The van der Waals surface area contributed by atoms with Crippen LogP contribution in [0.5, 0.6) is 0 Å². The van der Waals surface area contributed by atoms with Crippen LogP contribution in [0.15, 0.2) is 29.3 Å². The Morgan fingerprint density at radius 3 is 2.42 bits per heavy atom. The van der Waals surface area contributed by atoms with Crippen molar-refractivity contribution >= 4 is 35.8 Å². The quantitative estimate of drug-likeness (QED) is 0.355. The molecule has 0 spiro atoms. The Hall–Kier alpha value is -1.86. The molecule has 0 atom stereocenters.